The van der Waals surface area contributed by atoms with Crippen LogP contribution in [0.1, 0.15) is 23.9 Å². The van der Waals surface area contributed by atoms with Gasteiger partial charge in [-0.05, 0) is 31.8 Å². The van der Waals surface area contributed by atoms with Gasteiger partial charge in [-0.1, -0.05) is 0 Å². The molecule has 0 unspecified atom stereocenters. The van der Waals surface area contributed by atoms with Gasteiger partial charge in [0.2, 0.25) is 0 Å². The molecule has 90 valence electrons. The SMILES string of the molecule is CC(C(=O)Nc1nc2c(s1)CCC2)=C1CNC1. The van der Waals surface area contributed by atoms with Crippen LogP contribution < -0.4 is 10.6 Å². The quantitative estimate of drug-likeness (QED) is 0.781. The fraction of sp³-hybridized carbons (Fsp3) is 0.500. The van der Waals surface area contributed by atoms with Crippen molar-refractivity contribution in [2.45, 2.75) is 26.2 Å². The van der Waals surface area contributed by atoms with Gasteiger partial charge >= 0.3 is 0 Å². The van der Waals surface area contributed by atoms with Gasteiger partial charge in [-0.2, -0.15) is 0 Å². The number of thiazole rings is 1. The Morgan fingerprint density at radius 3 is 2.88 bits per heavy atom. The van der Waals surface area contributed by atoms with E-state index in [-0.39, 0.29) is 5.91 Å². The first-order chi connectivity index (χ1) is 8.24. The maximum absolute atomic E-state index is 11.9. The van der Waals surface area contributed by atoms with Crippen molar-refractivity contribution < 1.29 is 4.79 Å². The third-order valence-electron chi connectivity index (χ3n) is 3.36. The largest absolute Gasteiger partial charge is 0.309 e. The number of anilines is 1. The summed E-state index contributed by atoms with van der Waals surface area (Å²) >= 11 is 1.62. The number of carbonyl (C=O) groups excluding carboxylic acids is 1. The second-order valence-corrected chi connectivity index (χ2v) is 5.61. The summed E-state index contributed by atoms with van der Waals surface area (Å²) in [6.45, 7) is 3.56. The molecule has 1 aliphatic heterocycles. The van der Waals surface area contributed by atoms with E-state index in [4.69, 9.17) is 0 Å². The lowest BCUT2D eigenvalue weighted by Crippen LogP contribution is -2.36. The zero-order valence-corrected chi connectivity index (χ0v) is 10.6. The molecule has 1 fully saturated rings. The van der Waals surface area contributed by atoms with Gasteiger partial charge in [0.15, 0.2) is 5.13 Å². The van der Waals surface area contributed by atoms with Crippen LogP contribution in [0, 0.1) is 0 Å². The molecule has 5 heteroatoms. The zero-order chi connectivity index (χ0) is 11.8. The summed E-state index contributed by atoms with van der Waals surface area (Å²) in [5.41, 5.74) is 3.21. The van der Waals surface area contributed by atoms with Gasteiger partial charge in [-0.3, -0.25) is 10.1 Å². The highest BCUT2D eigenvalue weighted by molar-refractivity contribution is 7.15. The highest BCUT2D eigenvalue weighted by Crippen LogP contribution is 2.30. The molecule has 1 aliphatic carbocycles. The van der Waals surface area contributed by atoms with E-state index in [9.17, 15) is 4.79 Å². The Balaban J connectivity index is 1.72. The molecule has 1 saturated heterocycles. The van der Waals surface area contributed by atoms with Gasteiger partial charge in [-0.25, -0.2) is 4.98 Å². The van der Waals surface area contributed by atoms with Crippen LogP contribution in [-0.2, 0) is 17.6 Å². The summed E-state index contributed by atoms with van der Waals surface area (Å²) in [4.78, 5) is 17.8. The lowest BCUT2D eigenvalue weighted by atomic mass is 10.0. The summed E-state index contributed by atoms with van der Waals surface area (Å²) in [6, 6.07) is 0. The third-order valence-corrected chi connectivity index (χ3v) is 4.44. The van der Waals surface area contributed by atoms with Gasteiger partial charge in [0.25, 0.3) is 5.91 Å². The Bertz CT molecular complexity index is 476. The first kappa shape index (κ1) is 10.9. The molecule has 0 spiro atoms. The molecule has 4 nitrogen and oxygen atoms in total. The molecule has 2 N–H and O–H groups in total. The molecule has 0 bridgehead atoms. The Hall–Kier alpha value is -1.20. The number of carbonyl (C=O) groups is 1. The Morgan fingerprint density at radius 2 is 2.24 bits per heavy atom. The van der Waals surface area contributed by atoms with E-state index in [2.05, 4.69) is 15.6 Å². The molecule has 3 rings (SSSR count). The molecule has 17 heavy (non-hydrogen) atoms. The van der Waals surface area contributed by atoms with Gasteiger partial charge in [0.05, 0.1) is 5.69 Å². The topological polar surface area (TPSA) is 54.0 Å². The lowest BCUT2D eigenvalue weighted by molar-refractivity contribution is -0.112. The summed E-state index contributed by atoms with van der Waals surface area (Å²) < 4.78 is 0. The van der Waals surface area contributed by atoms with Crippen LogP contribution in [0.2, 0.25) is 0 Å². The van der Waals surface area contributed by atoms with Crippen LogP contribution >= 0.6 is 11.3 Å². The molecule has 0 atom stereocenters. The average molecular weight is 249 g/mol. The number of fused-ring (bicyclic) bond motifs is 1. The van der Waals surface area contributed by atoms with Gasteiger partial charge in [0, 0.05) is 23.5 Å². The number of nitrogens with zero attached hydrogens (tertiary/aromatic N) is 1. The van der Waals surface area contributed by atoms with Crippen molar-refractivity contribution in [3.05, 3.63) is 21.7 Å². The molecular weight excluding hydrogens is 234 g/mol. The highest BCUT2D eigenvalue weighted by atomic mass is 32.1. The molecule has 2 aliphatic rings. The standard InChI is InChI=1S/C12H15N3OS/c1-7(8-5-13-6-8)11(16)15-12-14-9-3-2-4-10(9)17-12/h13H,2-6H2,1H3,(H,14,15,16). The Kier molecular flexibility index (Phi) is 2.72. The predicted molar refractivity (Wildman–Crippen MR) is 68.3 cm³/mol. The fourth-order valence-electron chi connectivity index (χ4n) is 2.11. The van der Waals surface area contributed by atoms with Crippen molar-refractivity contribution in [2.24, 2.45) is 0 Å². The van der Waals surface area contributed by atoms with Crippen molar-refractivity contribution in [2.75, 3.05) is 18.4 Å². The Morgan fingerprint density at radius 1 is 1.41 bits per heavy atom. The molecule has 0 saturated carbocycles. The molecule has 0 radical (unpaired) electrons. The minimum atomic E-state index is -0.00563. The molecule has 0 aromatic carbocycles. The van der Waals surface area contributed by atoms with Crippen molar-refractivity contribution in [1.82, 2.24) is 10.3 Å². The summed E-state index contributed by atoms with van der Waals surface area (Å²) in [5.74, 6) is -0.00563. The second kappa shape index (κ2) is 4.23. The van der Waals surface area contributed by atoms with Gasteiger partial charge in [-0.15, -0.1) is 11.3 Å². The number of nitrogens with one attached hydrogen (secondary N) is 2. The maximum Gasteiger partial charge on any atom is 0.253 e. The van der Waals surface area contributed by atoms with Gasteiger partial charge in [0.1, 0.15) is 0 Å². The van der Waals surface area contributed by atoms with E-state index in [1.54, 1.807) is 11.3 Å². The Labute approximate surface area is 104 Å². The van der Waals surface area contributed by atoms with Crippen LogP contribution in [0.4, 0.5) is 5.13 Å². The minimum absolute atomic E-state index is 0.00563. The summed E-state index contributed by atoms with van der Waals surface area (Å²) in [6.07, 6.45) is 3.38. The van der Waals surface area contributed by atoms with Crippen LogP contribution in [0.3, 0.4) is 0 Å². The normalized spacial score (nSPS) is 17.6. The van der Waals surface area contributed by atoms with E-state index in [1.165, 1.54) is 22.6 Å². The first-order valence-corrected chi connectivity index (χ1v) is 6.75. The average Bonchev–Trinajstić information content (AvgIpc) is 2.74. The monoisotopic (exact) mass is 249 g/mol. The number of aromatic nitrogens is 1. The maximum atomic E-state index is 11.9. The lowest BCUT2D eigenvalue weighted by Gasteiger charge is -2.21. The number of hydrogen-bond donors (Lipinski definition) is 2. The number of amides is 1. The molecule has 1 aromatic heterocycles. The molecule has 2 heterocycles. The van der Waals surface area contributed by atoms with Crippen molar-refractivity contribution >= 4 is 22.4 Å². The molecule has 1 amide bonds. The number of hydrogen-bond acceptors (Lipinski definition) is 4. The van der Waals surface area contributed by atoms with Crippen LogP contribution in [-0.4, -0.2) is 24.0 Å². The molecule has 1 aromatic rings. The van der Waals surface area contributed by atoms with E-state index in [0.717, 1.165) is 36.6 Å². The number of aryl methyl sites for hydroxylation is 2. The zero-order valence-electron chi connectivity index (χ0n) is 9.80. The van der Waals surface area contributed by atoms with E-state index in [1.807, 2.05) is 6.92 Å². The second-order valence-electron chi connectivity index (χ2n) is 4.53. The smallest absolute Gasteiger partial charge is 0.253 e. The van der Waals surface area contributed by atoms with Gasteiger partial charge < -0.3 is 5.32 Å². The van der Waals surface area contributed by atoms with Crippen molar-refractivity contribution in [3.8, 4) is 0 Å². The van der Waals surface area contributed by atoms with E-state index >= 15 is 0 Å². The van der Waals surface area contributed by atoms with Crippen LogP contribution in [0.25, 0.3) is 0 Å². The predicted octanol–water partition coefficient (Wildman–Crippen LogP) is 1.49. The fourth-order valence-corrected chi connectivity index (χ4v) is 3.16. The van der Waals surface area contributed by atoms with E-state index in [0.29, 0.717) is 0 Å². The summed E-state index contributed by atoms with van der Waals surface area (Å²) in [7, 11) is 0. The van der Waals surface area contributed by atoms with Crippen molar-refractivity contribution in [1.29, 1.82) is 0 Å². The summed E-state index contributed by atoms with van der Waals surface area (Å²) in [5, 5.41) is 6.80. The van der Waals surface area contributed by atoms with Crippen LogP contribution in [0.5, 0.6) is 0 Å². The third kappa shape index (κ3) is 2.00. The van der Waals surface area contributed by atoms with E-state index < -0.39 is 0 Å². The first-order valence-electron chi connectivity index (χ1n) is 5.93. The van der Waals surface area contributed by atoms with Crippen molar-refractivity contribution in [3.63, 3.8) is 0 Å². The van der Waals surface area contributed by atoms with Crippen LogP contribution in [0.15, 0.2) is 11.1 Å². The molecular formula is C12H15N3OS. The highest BCUT2D eigenvalue weighted by Gasteiger charge is 2.20. The minimum Gasteiger partial charge on any atom is -0.309 e. The number of rotatable bonds is 2.